The van der Waals surface area contributed by atoms with Crippen molar-refractivity contribution < 1.29 is 14.6 Å². The van der Waals surface area contributed by atoms with E-state index in [4.69, 9.17) is 9.84 Å². The van der Waals surface area contributed by atoms with Crippen molar-refractivity contribution in [3.05, 3.63) is 22.4 Å². The van der Waals surface area contributed by atoms with E-state index >= 15 is 0 Å². The topological polar surface area (TPSA) is 58.6 Å². The van der Waals surface area contributed by atoms with Crippen molar-refractivity contribution in [2.75, 3.05) is 13.2 Å². The molecule has 0 fully saturated rings. The first-order valence-corrected chi connectivity index (χ1v) is 5.69. The van der Waals surface area contributed by atoms with Gasteiger partial charge in [-0.25, -0.2) is 0 Å². The predicted molar refractivity (Wildman–Crippen MR) is 58.7 cm³/mol. The van der Waals surface area contributed by atoms with Crippen LogP contribution in [0.1, 0.15) is 11.8 Å². The first-order valence-electron chi connectivity index (χ1n) is 4.81. The Kier molecular flexibility index (Phi) is 5.31. The van der Waals surface area contributed by atoms with Crippen LogP contribution in [0, 0.1) is 0 Å². The van der Waals surface area contributed by atoms with Gasteiger partial charge in [0, 0.05) is 11.4 Å². The summed E-state index contributed by atoms with van der Waals surface area (Å²) < 4.78 is 4.81. The lowest BCUT2D eigenvalue weighted by molar-refractivity contribution is -0.146. The van der Waals surface area contributed by atoms with Gasteiger partial charge in [0.2, 0.25) is 0 Å². The van der Waals surface area contributed by atoms with E-state index < -0.39 is 12.0 Å². The summed E-state index contributed by atoms with van der Waals surface area (Å²) in [4.78, 5) is 12.4. The minimum atomic E-state index is -0.632. The van der Waals surface area contributed by atoms with Crippen molar-refractivity contribution in [2.24, 2.45) is 0 Å². The van der Waals surface area contributed by atoms with Crippen LogP contribution in [0.4, 0.5) is 0 Å². The van der Waals surface area contributed by atoms with Gasteiger partial charge in [-0.2, -0.15) is 0 Å². The lowest BCUT2D eigenvalue weighted by atomic mass is 10.3. The fourth-order valence-corrected chi connectivity index (χ4v) is 1.76. The third kappa shape index (κ3) is 3.99. The zero-order chi connectivity index (χ0) is 11.1. The fourth-order valence-electron chi connectivity index (χ4n) is 1.10. The number of rotatable bonds is 6. The van der Waals surface area contributed by atoms with Crippen molar-refractivity contribution in [2.45, 2.75) is 19.5 Å². The largest absolute Gasteiger partial charge is 0.465 e. The lowest BCUT2D eigenvalue weighted by Gasteiger charge is -2.13. The molecule has 0 saturated carbocycles. The molecule has 0 aliphatic heterocycles. The number of ether oxygens (including phenoxy) is 1. The number of carbonyl (C=O) groups is 1. The Hall–Kier alpha value is -0.910. The van der Waals surface area contributed by atoms with Gasteiger partial charge >= 0.3 is 5.97 Å². The maximum atomic E-state index is 11.3. The average Bonchev–Trinajstić information content (AvgIpc) is 2.72. The Morgan fingerprint density at radius 3 is 3.07 bits per heavy atom. The van der Waals surface area contributed by atoms with E-state index in [0.29, 0.717) is 13.2 Å². The SMILES string of the molecule is CCOC(=O)C(CO)NCc1cccs1. The molecule has 2 N–H and O–H groups in total. The van der Waals surface area contributed by atoms with Crippen LogP contribution in [-0.2, 0) is 16.1 Å². The highest BCUT2D eigenvalue weighted by Gasteiger charge is 2.17. The molecule has 0 bridgehead atoms. The Bertz CT molecular complexity index is 287. The van der Waals surface area contributed by atoms with Crippen molar-refractivity contribution in [1.29, 1.82) is 0 Å². The molecular formula is C10H15NO3S. The standard InChI is InChI=1S/C10H15NO3S/c1-2-14-10(13)9(7-12)11-6-8-4-3-5-15-8/h3-5,9,11-12H,2,6-7H2,1H3. The van der Waals surface area contributed by atoms with Crippen molar-refractivity contribution in [3.8, 4) is 0 Å². The van der Waals surface area contributed by atoms with Crippen LogP contribution < -0.4 is 5.32 Å². The van der Waals surface area contributed by atoms with Gasteiger partial charge in [-0.15, -0.1) is 11.3 Å². The summed E-state index contributed by atoms with van der Waals surface area (Å²) in [7, 11) is 0. The minimum absolute atomic E-state index is 0.246. The molecule has 1 heterocycles. The molecule has 5 heteroatoms. The number of aliphatic hydroxyl groups is 1. The summed E-state index contributed by atoms with van der Waals surface area (Å²) in [6.45, 7) is 2.40. The van der Waals surface area contributed by atoms with Gasteiger partial charge in [-0.05, 0) is 18.4 Å². The van der Waals surface area contributed by atoms with E-state index in [0.717, 1.165) is 4.88 Å². The normalized spacial score (nSPS) is 12.4. The number of thiophene rings is 1. The molecule has 1 rings (SSSR count). The monoisotopic (exact) mass is 229 g/mol. The van der Waals surface area contributed by atoms with Crippen LogP contribution in [0.5, 0.6) is 0 Å². The molecule has 4 nitrogen and oxygen atoms in total. The van der Waals surface area contributed by atoms with Crippen molar-refractivity contribution in [3.63, 3.8) is 0 Å². The highest BCUT2D eigenvalue weighted by atomic mass is 32.1. The fraction of sp³-hybridized carbons (Fsp3) is 0.500. The van der Waals surface area contributed by atoms with Crippen molar-refractivity contribution >= 4 is 17.3 Å². The third-order valence-corrected chi connectivity index (χ3v) is 2.73. The number of nitrogens with one attached hydrogen (secondary N) is 1. The van der Waals surface area contributed by atoms with Gasteiger partial charge in [0.1, 0.15) is 6.04 Å². The van der Waals surface area contributed by atoms with E-state index in [2.05, 4.69) is 5.32 Å². The number of carbonyl (C=O) groups excluding carboxylic acids is 1. The van der Waals surface area contributed by atoms with Crippen LogP contribution in [0.2, 0.25) is 0 Å². The summed E-state index contributed by atoms with van der Waals surface area (Å²) in [5.41, 5.74) is 0. The Morgan fingerprint density at radius 2 is 2.53 bits per heavy atom. The Morgan fingerprint density at radius 1 is 1.73 bits per heavy atom. The van der Waals surface area contributed by atoms with E-state index in [1.807, 2.05) is 17.5 Å². The van der Waals surface area contributed by atoms with Crippen LogP contribution in [-0.4, -0.2) is 30.3 Å². The Balaban J connectivity index is 2.37. The van der Waals surface area contributed by atoms with E-state index in [9.17, 15) is 4.79 Å². The van der Waals surface area contributed by atoms with Gasteiger partial charge in [-0.1, -0.05) is 6.07 Å². The summed E-state index contributed by atoms with van der Waals surface area (Å²) in [5, 5.41) is 13.9. The zero-order valence-electron chi connectivity index (χ0n) is 8.60. The van der Waals surface area contributed by atoms with Gasteiger partial charge in [0.05, 0.1) is 13.2 Å². The summed E-state index contributed by atoms with van der Waals surface area (Å²) >= 11 is 1.60. The molecule has 0 aliphatic rings. The van der Waals surface area contributed by atoms with E-state index in [1.165, 1.54) is 0 Å². The molecule has 1 unspecified atom stereocenters. The molecule has 0 saturated heterocycles. The lowest BCUT2D eigenvalue weighted by Crippen LogP contribution is -2.40. The maximum absolute atomic E-state index is 11.3. The molecule has 15 heavy (non-hydrogen) atoms. The number of aliphatic hydroxyl groups excluding tert-OH is 1. The van der Waals surface area contributed by atoms with Gasteiger partial charge in [-0.3, -0.25) is 10.1 Å². The van der Waals surface area contributed by atoms with Gasteiger partial charge < -0.3 is 9.84 Å². The second-order valence-electron chi connectivity index (χ2n) is 2.95. The Labute approximate surface area is 92.9 Å². The van der Waals surface area contributed by atoms with Gasteiger partial charge in [0.25, 0.3) is 0 Å². The molecule has 0 aliphatic carbocycles. The molecule has 1 atom stereocenters. The number of esters is 1. The third-order valence-electron chi connectivity index (χ3n) is 1.86. The van der Waals surface area contributed by atoms with E-state index in [1.54, 1.807) is 18.3 Å². The highest BCUT2D eigenvalue weighted by Crippen LogP contribution is 2.07. The molecule has 0 spiro atoms. The second kappa shape index (κ2) is 6.55. The predicted octanol–water partition coefficient (Wildman–Crippen LogP) is 0.762. The maximum Gasteiger partial charge on any atom is 0.325 e. The second-order valence-corrected chi connectivity index (χ2v) is 3.98. The molecule has 1 aromatic heterocycles. The quantitative estimate of drug-likeness (QED) is 0.707. The van der Waals surface area contributed by atoms with Crippen LogP contribution >= 0.6 is 11.3 Å². The smallest absolute Gasteiger partial charge is 0.325 e. The van der Waals surface area contributed by atoms with E-state index in [-0.39, 0.29) is 6.61 Å². The average molecular weight is 229 g/mol. The van der Waals surface area contributed by atoms with Crippen LogP contribution in [0.15, 0.2) is 17.5 Å². The molecular weight excluding hydrogens is 214 g/mol. The summed E-state index contributed by atoms with van der Waals surface area (Å²) in [5.74, 6) is -0.406. The molecule has 1 aromatic rings. The number of hydrogen-bond acceptors (Lipinski definition) is 5. The van der Waals surface area contributed by atoms with Gasteiger partial charge in [0.15, 0.2) is 0 Å². The van der Waals surface area contributed by atoms with Crippen LogP contribution in [0.25, 0.3) is 0 Å². The molecule has 0 aromatic carbocycles. The molecule has 0 radical (unpaired) electrons. The van der Waals surface area contributed by atoms with Crippen molar-refractivity contribution in [1.82, 2.24) is 5.32 Å². The summed E-state index contributed by atoms with van der Waals surface area (Å²) in [6.07, 6.45) is 0. The summed E-state index contributed by atoms with van der Waals surface area (Å²) in [6, 6.07) is 3.28. The van der Waals surface area contributed by atoms with Crippen LogP contribution in [0.3, 0.4) is 0 Å². The highest BCUT2D eigenvalue weighted by molar-refractivity contribution is 7.09. The molecule has 84 valence electrons. The first kappa shape index (κ1) is 12.2. The first-order chi connectivity index (χ1) is 7.27. The number of hydrogen-bond donors (Lipinski definition) is 2. The minimum Gasteiger partial charge on any atom is -0.465 e. The molecule has 0 amide bonds. The zero-order valence-corrected chi connectivity index (χ0v) is 9.42.